The molecule has 0 aromatic heterocycles. The lowest BCUT2D eigenvalue weighted by molar-refractivity contribution is -0.133. The van der Waals surface area contributed by atoms with Crippen LogP contribution in [0.25, 0.3) is 0 Å². The number of nitrogens with two attached hydrogens (primary N) is 1. The molecule has 0 bridgehead atoms. The van der Waals surface area contributed by atoms with Gasteiger partial charge in [0.1, 0.15) is 0 Å². The largest absolute Gasteiger partial charge is 0.377 e. The van der Waals surface area contributed by atoms with Crippen molar-refractivity contribution in [1.82, 2.24) is 10.6 Å². The number of ether oxygens (including phenoxy) is 2. The Kier molecular flexibility index (Phi) is 10.6. The van der Waals surface area contributed by atoms with Crippen LogP contribution in [0.3, 0.4) is 0 Å². The van der Waals surface area contributed by atoms with E-state index in [0.717, 1.165) is 6.42 Å². The van der Waals surface area contributed by atoms with Gasteiger partial charge in [-0.15, -0.1) is 0 Å². The van der Waals surface area contributed by atoms with Gasteiger partial charge >= 0.3 is 6.03 Å². The summed E-state index contributed by atoms with van der Waals surface area (Å²) in [5, 5.41) is 5.39. The third-order valence-electron chi connectivity index (χ3n) is 4.18. The van der Waals surface area contributed by atoms with Gasteiger partial charge in [0.15, 0.2) is 0 Å². The van der Waals surface area contributed by atoms with Crippen LogP contribution < -0.4 is 16.4 Å². The van der Waals surface area contributed by atoms with Gasteiger partial charge in [0, 0.05) is 17.8 Å². The monoisotopic (exact) mass is 391 g/mol. The zero-order valence-corrected chi connectivity index (χ0v) is 18.0. The van der Waals surface area contributed by atoms with Gasteiger partial charge in [-0.05, 0) is 32.6 Å². The Bertz CT molecular complexity index is 447. The SMILES string of the molecule is CC(C)(C)CC(C)(C(=O)NCCOCCOCCNC(N)=O)C(C)(C)S. The Morgan fingerprint density at radius 3 is 1.73 bits per heavy atom. The van der Waals surface area contributed by atoms with Gasteiger partial charge < -0.3 is 25.8 Å². The fourth-order valence-corrected chi connectivity index (χ4v) is 2.82. The first-order valence-electron chi connectivity index (χ1n) is 8.99. The smallest absolute Gasteiger partial charge is 0.312 e. The van der Waals surface area contributed by atoms with Crippen molar-refractivity contribution in [2.75, 3.05) is 39.5 Å². The molecule has 0 saturated heterocycles. The predicted molar refractivity (Wildman–Crippen MR) is 107 cm³/mol. The fourth-order valence-electron chi connectivity index (χ4n) is 2.64. The lowest BCUT2D eigenvalue weighted by Gasteiger charge is -2.43. The number of amides is 3. The Labute approximate surface area is 163 Å². The Morgan fingerprint density at radius 1 is 0.885 bits per heavy atom. The molecule has 154 valence electrons. The van der Waals surface area contributed by atoms with E-state index in [9.17, 15) is 9.59 Å². The number of carbonyl (C=O) groups is 2. The first-order chi connectivity index (χ1) is 11.8. The van der Waals surface area contributed by atoms with E-state index in [2.05, 4.69) is 44.0 Å². The van der Waals surface area contributed by atoms with Crippen LogP contribution in [-0.2, 0) is 14.3 Å². The highest BCUT2D eigenvalue weighted by molar-refractivity contribution is 7.81. The molecule has 0 fully saturated rings. The van der Waals surface area contributed by atoms with Crippen LogP contribution >= 0.6 is 12.6 Å². The van der Waals surface area contributed by atoms with E-state index in [1.807, 2.05) is 20.8 Å². The summed E-state index contributed by atoms with van der Waals surface area (Å²) in [6, 6.07) is -0.566. The molecule has 0 aliphatic rings. The van der Waals surface area contributed by atoms with Gasteiger partial charge in [-0.1, -0.05) is 20.8 Å². The number of nitrogens with one attached hydrogen (secondary N) is 2. The molecular formula is C18H37N3O4S. The third kappa shape index (κ3) is 10.2. The molecule has 1 unspecified atom stereocenters. The maximum absolute atomic E-state index is 12.8. The fraction of sp³-hybridized carbons (Fsp3) is 0.889. The van der Waals surface area contributed by atoms with Crippen LogP contribution in [-0.4, -0.2) is 56.2 Å². The molecule has 0 radical (unpaired) electrons. The molecule has 0 rings (SSSR count). The molecule has 26 heavy (non-hydrogen) atoms. The van der Waals surface area contributed by atoms with Crippen LogP contribution in [0, 0.1) is 10.8 Å². The zero-order valence-electron chi connectivity index (χ0n) is 17.1. The minimum absolute atomic E-state index is 0.00944. The number of primary amides is 1. The summed E-state index contributed by atoms with van der Waals surface area (Å²) in [4.78, 5) is 23.2. The number of rotatable bonds is 12. The van der Waals surface area contributed by atoms with E-state index < -0.39 is 16.2 Å². The summed E-state index contributed by atoms with van der Waals surface area (Å²) in [7, 11) is 0. The minimum atomic E-state index is -0.592. The first-order valence-corrected chi connectivity index (χ1v) is 9.44. The molecular weight excluding hydrogens is 354 g/mol. The molecule has 0 saturated carbocycles. The minimum Gasteiger partial charge on any atom is -0.377 e. The molecule has 4 N–H and O–H groups in total. The molecule has 0 aliphatic carbocycles. The number of carbonyl (C=O) groups excluding carboxylic acids is 2. The molecule has 0 heterocycles. The second-order valence-corrected chi connectivity index (χ2v) is 9.52. The Morgan fingerprint density at radius 2 is 1.35 bits per heavy atom. The highest BCUT2D eigenvalue weighted by Gasteiger charge is 2.47. The van der Waals surface area contributed by atoms with Crippen LogP contribution in [0.5, 0.6) is 0 Å². The highest BCUT2D eigenvalue weighted by atomic mass is 32.1. The number of urea groups is 1. The van der Waals surface area contributed by atoms with Gasteiger partial charge in [0.2, 0.25) is 5.91 Å². The highest BCUT2D eigenvalue weighted by Crippen LogP contribution is 2.45. The molecule has 0 aliphatic heterocycles. The standard InChI is InChI=1S/C18H37N3O4S/c1-16(2,3)13-18(6,17(4,5)26)14(22)20-7-9-24-11-12-25-10-8-21-15(19)23/h26H,7-13H2,1-6H3,(H,20,22)(H3,19,21,23). The van der Waals surface area contributed by atoms with Gasteiger partial charge in [0.25, 0.3) is 0 Å². The van der Waals surface area contributed by atoms with Crippen molar-refractivity contribution in [3.05, 3.63) is 0 Å². The van der Waals surface area contributed by atoms with E-state index in [1.54, 1.807) is 0 Å². The molecule has 0 aromatic rings. The third-order valence-corrected chi connectivity index (χ3v) is 4.68. The van der Waals surface area contributed by atoms with Crippen LogP contribution in [0.2, 0.25) is 0 Å². The first kappa shape index (κ1) is 25.0. The number of thiol groups is 1. The normalized spacial score (nSPS) is 14.6. The summed E-state index contributed by atoms with van der Waals surface area (Å²) in [5.41, 5.74) is 4.36. The van der Waals surface area contributed by atoms with Crippen molar-refractivity contribution >= 4 is 24.6 Å². The lowest BCUT2D eigenvalue weighted by atomic mass is 9.67. The van der Waals surface area contributed by atoms with E-state index in [4.69, 9.17) is 15.2 Å². The van der Waals surface area contributed by atoms with Crippen LogP contribution in [0.4, 0.5) is 4.79 Å². The predicted octanol–water partition coefficient (Wildman–Crippen LogP) is 1.96. The van der Waals surface area contributed by atoms with E-state index in [-0.39, 0.29) is 11.3 Å². The Balaban J connectivity index is 4.10. The summed E-state index contributed by atoms with van der Waals surface area (Å²) < 4.78 is 10.3. The summed E-state index contributed by atoms with van der Waals surface area (Å²) in [6.07, 6.45) is 0.733. The molecule has 3 amide bonds. The van der Waals surface area contributed by atoms with Crippen molar-refractivity contribution < 1.29 is 19.1 Å². The molecule has 8 heteroatoms. The summed E-state index contributed by atoms with van der Waals surface area (Å²) in [6.45, 7) is 14.7. The maximum atomic E-state index is 12.8. The van der Waals surface area contributed by atoms with Gasteiger partial charge in [-0.25, -0.2) is 4.79 Å². The van der Waals surface area contributed by atoms with Gasteiger partial charge in [-0.3, -0.25) is 4.79 Å². The molecule has 0 aromatic carbocycles. The maximum Gasteiger partial charge on any atom is 0.312 e. The molecule has 0 spiro atoms. The van der Waals surface area contributed by atoms with Crippen LogP contribution in [0.1, 0.15) is 48.0 Å². The second kappa shape index (κ2) is 11.0. The number of hydrogen-bond acceptors (Lipinski definition) is 5. The van der Waals surface area contributed by atoms with Crippen molar-refractivity contribution in [2.24, 2.45) is 16.6 Å². The van der Waals surface area contributed by atoms with Crippen molar-refractivity contribution in [3.8, 4) is 0 Å². The quantitative estimate of drug-likeness (QED) is 0.302. The van der Waals surface area contributed by atoms with Crippen molar-refractivity contribution in [3.63, 3.8) is 0 Å². The van der Waals surface area contributed by atoms with Crippen LogP contribution in [0.15, 0.2) is 0 Å². The second-order valence-electron chi connectivity index (χ2n) is 8.40. The van der Waals surface area contributed by atoms with Gasteiger partial charge in [0.05, 0.1) is 31.8 Å². The topological polar surface area (TPSA) is 103 Å². The molecule has 7 nitrogen and oxygen atoms in total. The molecule has 1 atom stereocenters. The van der Waals surface area contributed by atoms with Crippen molar-refractivity contribution in [2.45, 2.75) is 52.7 Å². The van der Waals surface area contributed by atoms with E-state index >= 15 is 0 Å². The lowest BCUT2D eigenvalue weighted by Crippen LogP contribution is -2.52. The van der Waals surface area contributed by atoms with Crippen molar-refractivity contribution in [1.29, 1.82) is 0 Å². The average molecular weight is 392 g/mol. The number of hydrogen-bond donors (Lipinski definition) is 4. The van der Waals surface area contributed by atoms with Gasteiger partial charge in [-0.2, -0.15) is 12.6 Å². The average Bonchev–Trinajstić information content (AvgIpc) is 2.45. The summed E-state index contributed by atoms with van der Waals surface area (Å²) >= 11 is 4.68. The van der Waals surface area contributed by atoms with E-state index in [0.29, 0.717) is 39.5 Å². The zero-order chi connectivity index (χ0) is 20.4. The Hall–Kier alpha value is -0.990. The summed E-state index contributed by atoms with van der Waals surface area (Å²) in [5.74, 6) is -0.00944. The van der Waals surface area contributed by atoms with E-state index in [1.165, 1.54) is 0 Å².